The molecule has 1 heteroatoms. The van der Waals surface area contributed by atoms with E-state index in [1.807, 2.05) is 12.4 Å². The number of hydrogen-bond donors (Lipinski definition) is 0. The van der Waals surface area contributed by atoms with E-state index < -0.39 is 0 Å². The highest BCUT2D eigenvalue weighted by Gasteiger charge is 2.51. The smallest absolute Gasteiger partial charge is 0.0726 e. The first-order valence-electron chi connectivity index (χ1n) is 8.66. The van der Waals surface area contributed by atoms with Crippen molar-refractivity contribution in [3.63, 3.8) is 0 Å². The lowest BCUT2D eigenvalue weighted by atomic mass is 9.71. The van der Waals surface area contributed by atoms with E-state index in [1.54, 1.807) is 0 Å². The fourth-order valence-electron chi connectivity index (χ4n) is 4.94. The molecule has 0 radical (unpaired) electrons. The molecule has 2 aliphatic carbocycles. The van der Waals surface area contributed by atoms with Crippen LogP contribution >= 0.6 is 0 Å². The molecule has 0 bridgehead atoms. The third kappa shape index (κ3) is 1.39. The lowest BCUT2D eigenvalue weighted by Crippen LogP contribution is -2.25. The molecule has 6 rings (SSSR count). The quantitative estimate of drug-likeness (QED) is 0.364. The summed E-state index contributed by atoms with van der Waals surface area (Å²) in [6.45, 7) is 0. The summed E-state index contributed by atoms with van der Waals surface area (Å²) in [6, 6.07) is 28.7. The highest BCUT2D eigenvalue weighted by molar-refractivity contribution is 5.94. The Morgan fingerprint density at radius 1 is 0.480 bits per heavy atom. The molecule has 0 N–H and O–H groups in total. The predicted molar refractivity (Wildman–Crippen MR) is 101 cm³/mol. The van der Waals surface area contributed by atoms with Crippen LogP contribution in [0.2, 0.25) is 0 Å². The van der Waals surface area contributed by atoms with E-state index >= 15 is 0 Å². The van der Waals surface area contributed by atoms with Gasteiger partial charge in [0.25, 0.3) is 0 Å². The van der Waals surface area contributed by atoms with Gasteiger partial charge >= 0.3 is 0 Å². The molecule has 2 aliphatic rings. The molecule has 0 amide bonds. The Balaban J connectivity index is 1.89. The Morgan fingerprint density at radius 3 is 1.48 bits per heavy atom. The van der Waals surface area contributed by atoms with Crippen molar-refractivity contribution >= 4 is 0 Å². The molecule has 0 saturated carbocycles. The lowest BCUT2D eigenvalue weighted by Gasteiger charge is -2.30. The van der Waals surface area contributed by atoms with Crippen LogP contribution in [0.15, 0.2) is 91.3 Å². The normalized spacial score (nSPS) is 14.7. The third-order valence-electron chi connectivity index (χ3n) is 5.80. The van der Waals surface area contributed by atoms with Gasteiger partial charge in [-0.15, -0.1) is 0 Å². The van der Waals surface area contributed by atoms with Crippen molar-refractivity contribution in [3.8, 4) is 22.3 Å². The Labute approximate surface area is 146 Å². The molecule has 0 saturated heterocycles. The molecule has 25 heavy (non-hydrogen) atoms. The SMILES string of the molecule is c1ccc2c(c1)-c1ccccc1C21c2ccccc2-c2cnccc21. The molecule has 0 unspecified atom stereocenters. The van der Waals surface area contributed by atoms with E-state index in [4.69, 9.17) is 0 Å². The van der Waals surface area contributed by atoms with Crippen molar-refractivity contribution in [3.05, 3.63) is 114 Å². The zero-order valence-corrected chi connectivity index (χ0v) is 13.6. The van der Waals surface area contributed by atoms with Gasteiger partial charge in [0.1, 0.15) is 0 Å². The largest absolute Gasteiger partial charge is 0.264 e. The first kappa shape index (κ1) is 13.1. The number of pyridine rings is 1. The number of rotatable bonds is 0. The van der Waals surface area contributed by atoms with Crippen LogP contribution in [0.3, 0.4) is 0 Å². The van der Waals surface area contributed by atoms with E-state index in [2.05, 4.69) is 83.8 Å². The molecular weight excluding hydrogens is 302 g/mol. The predicted octanol–water partition coefficient (Wildman–Crippen LogP) is 5.43. The maximum absolute atomic E-state index is 4.42. The van der Waals surface area contributed by atoms with Gasteiger partial charge in [0.2, 0.25) is 0 Å². The van der Waals surface area contributed by atoms with Crippen molar-refractivity contribution in [1.82, 2.24) is 4.98 Å². The fourth-order valence-corrected chi connectivity index (χ4v) is 4.94. The van der Waals surface area contributed by atoms with Gasteiger partial charge in [-0.1, -0.05) is 72.8 Å². The first-order valence-corrected chi connectivity index (χ1v) is 8.66. The molecule has 116 valence electrons. The number of fused-ring (bicyclic) bond motifs is 10. The second-order valence-corrected chi connectivity index (χ2v) is 6.81. The molecular formula is C24H15N. The van der Waals surface area contributed by atoms with Crippen LogP contribution in [0.5, 0.6) is 0 Å². The Kier molecular flexibility index (Phi) is 2.34. The molecule has 0 aliphatic heterocycles. The van der Waals surface area contributed by atoms with Crippen molar-refractivity contribution in [2.24, 2.45) is 0 Å². The Hall–Kier alpha value is -3.19. The van der Waals surface area contributed by atoms with E-state index in [0.29, 0.717) is 0 Å². The topological polar surface area (TPSA) is 12.9 Å². The zero-order valence-electron chi connectivity index (χ0n) is 13.6. The van der Waals surface area contributed by atoms with E-state index in [-0.39, 0.29) is 5.41 Å². The van der Waals surface area contributed by atoms with E-state index in [1.165, 1.54) is 44.5 Å². The zero-order chi connectivity index (χ0) is 16.4. The Morgan fingerprint density at radius 2 is 0.920 bits per heavy atom. The van der Waals surface area contributed by atoms with Crippen LogP contribution in [0.4, 0.5) is 0 Å². The van der Waals surface area contributed by atoms with E-state index in [9.17, 15) is 0 Å². The summed E-state index contributed by atoms with van der Waals surface area (Å²) < 4.78 is 0. The van der Waals surface area contributed by atoms with E-state index in [0.717, 1.165) is 0 Å². The van der Waals surface area contributed by atoms with Crippen LogP contribution in [-0.4, -0.2) is 4.98 Å². The number of aromatic nitrogens is 1. The molecule has 1 heterocycles. The van der Waals surface area contributed by atoms with Gasteiger partial charge in [0.15, 0.2) is 0 Å². The van der Waals surface area contributed by atoms with Gasteiger partial charge in [-0.05, 0) is 45.0 Å². The standard InChI is InChI=1S/C24H15N/c1-4-10-20-16(7-1)17-8-2-5-11-21(17)24(20)22-12-6-3-9-18(22)19-15-25-14-13-23(19)24/h1-15H. The molecule has 3 aromatic carbocycles. The number of nitrogens with zero attached hydrogens (tertiary/aromatic N) is 1. The average Bonchev–Trinajstić information content (AvgIpc) is 3.16. The van der Waals surface area contributed by atoms with Gasteiger partial charge in [-0.3, -0.25) is 4.98 Å². The first-order chi connectivity index (χ1) is 12.4. The Bertz CT molecular complexity index is 968. The molecule has 1 spiro atoms. The molecule has 0 fully saturated rings. The van der Waals surface area contributed by atoms with Gasteiger partial charge in [-0.2, -0.15) is 0 Å². The summed E-state index contributed by atoms with van der Waals surface area (Å²) in [5.74, 6) is 0. The summed E-state index contributed by atoms with van der Waals surface area (Å²) in [6.07, 6.45) is 3.95. The average molecular weight is 317 g/mol. The summed E-state index contributed by atoms with van der Waals surface area (Å²) in [5.41, 5.74) is 10.5. The van der Waals surface area contributed by atoms with Crippen LogP contribution in [0, 0.1) is 0 Å². The highest BCUT2D eigenvalue weighted by Crippen LogP contribution is 2.62. The van der Waals surface area contributed by atoms with Crippen molar-refractivity contribution in [1.29, 1.82) is 0 Å². The van der Waals surface area contributed by atoms with Gasteiger partial charge in [0.05, 0.1) is 5.41 Å². The molecule has 1 aromatic heterocycles. The monoisotopic (exact) mass is 317 g/mol. The van der Waals surface area contributed by atoms with Gasteiger partial charge in [0, 0.05) is 18.0 Å². The maximum Gasteiger partial charge on any atom is 0.0726 e. The van der Waals surface area contributed by atoms with Crippen LogP contribution < -0.4 is 0 Å². The molecule has 1 nitrogen and oxygen atoms in total. The van der Waals surface area contributed by atoms with Crippen molar-refractivity contribution < 1.29 is 0 Å². The minimum absolute atomic E-state index is 0.220. The molecule has 0 atom stereocenters. The van der Waals surface area contributed by atoms with Crippen LogP contribution in [0.1, 0.15) is 22.3 Å². The number of benzene rings is 3. The van der Waals surface area contributed by atoms with Crippen LogP contribution in [-0.2, 0) is 5.41 Å². The fraction of sp³-hybridized carbons (Fsp3) is 0.0417. The van der Waals surface area contributed by atoms with Gasteiger partial charge in [-0.25, -0.2) is 0 Å². The minimum atomic E-state index is -0.220. The summed E-state index contributed by atoms with van der Waals surface area (Å²) in [5, 5.41) is 0. The lowest BCUT2D eigenvalue weighted by molar-refractivity contribution is 0.792. The second kappa shape index (κ2) is 4.46. The third-order valence-corrected chi connectivity index (χ3v) is 5.80. The maximum atomic E-state index is 4.42. The van der Waals surface area contributed by atoms with Crippen LogP contribution in [0.25, 0.3) is 22.3 Å². The van der Waals surface area contributed by atoms with Gasteiger partial charge < -0.3 is 0 Å². The highest BCUT2D eigenvalue weighted by atomic mass is 14.6. The number of hydrogen-bond acceptors (Lipinski definition) is 1. The summed E-state index contributed by atoms with van der Waals surface area (Å²) in [4.78, 5) is 4.42. The van der Waals surface area contributed by atoms with Crippen molar-refractivity contribution in [2.45, 2.75) is 5.41 Å². The summed E-state index contributed by atoms with van der Waals surface area (Å²) in [7, 11) is 0. The van der Waals surface area contributed by atoms with Crippen molar-refractivity contribution in [2.75, 3.05) is 0 Å². The second-order valence-electron chi connectivity index (χ2n) is 6.81. The molecule has 4 aromatic rings. The minimum Gasteiger partial charge on any atom is -0.264 e. The summed E-state index contributed by atoms with van der Waals surface area (Å²) >= 11 is 0.